The summed E-state index contributed by atoms with van der Waals surface area (Å²) in [6, 6.07) is 24.0. The molecule has 5 rings (SSSR count). The van der Waals surface area contributed by atoms with Crippen LogP contribution in [0.3, 0.4) is 0 Å². The molecule has 6 heteroatoms. The first-order chi connectivity index (χ1) is 18.9. The van der Waals surface area contributed by atoms with Gasteiger partial charge in [0.05, 0.1) is 11.4 Å². The van der Waals surface area contributed by atoms with Crippen molar-refractivity contribution in [2.45, 2.75) is 32.6 Å². The van der Waals surface area contributed by atoms with Crippen LogP contribution >= 0.6 is 0 Å². The van der Waals surface area contributed by atoms with Crippen molar-refractivity contribution in [2.24, 2.45) is 13.0 Å². The molecule has 1 aliphatic rings. The van der Waals surface area contributed by atoms with Crippen LogP contribution in [0.25, 0.3) is 0 Å². The summed E-state index contributed by atoms with van der Waals surface area (Å²) >= 11 is 0. The Hall–Kier alpha value is -4.19. The number of ketones is 2. The molecule has 0 aliphatic carbocycles. The Morgan fingerprint density at radius 3 is 1.97 bits per heavy atom. The minimum absolute atomic E-state index is 0.0868. The zero-order valence-corrected chi connectivity index (χ0v) is 22.5. The van der Waals surface area contributed by atoms with Crippen molar-refractivity contribution in [2.75, 3.05) is 23.3 Å². The highest BCUT2D eigenvalue weighted by Gasteiger charge is 2.20. The van der Waals surface area contributed by atoms with Gasteiger partial charge in [0, 0.05) is 56.1 Å². The van der Waals surface area contributed by atoms with Gasteiger partial charge in [-0.05, 0) is 84.5 Å². The maximum absolute atomic E-state index is 14.8. The number of Topliss-reactive ketones (excluding diaryl/α,β-unsaturated/α-hetero) is 2. The van der Waals surface area contributed by atoms with Gasteiger partial charge in [-0.3, -0.25) is 9.59 Å². The highest BCUT2D eigenvalue weighted by atomic mass is 19.1. The van der Waals surface area contributed by atoms with E-state index in [1.807, 2.05) is 78.5 Å². The second-order valence-electron chi connectivity index (χ2n) is 10.6. The van der Waals surface area contributed by atoms with E-state index < -0.39 is 0 Å². The van der Waals surface area contributed by atoms with E-state index in [4.69, 9.17) is 0 Å². The minimum atomic E-state index is -0.328. The van der Waals surface area contributed by atoms with Gasteiger partial charge in [-0.15, -0.1) is 0 Å². The molecule has 2 heterocycles. The van der Waals surface area contributed by atoms with Gasteiger partial charge in [0.2, 0.25) is 0 Å². The normalized spacial score (nSPS) is 13.9. The van der Waals surface area contributed by atoms with Crippen molar-refractivity contribution in [3.63, 3.8) is 0 Å². The van der Waals surface area contributed by atoms with Crippen LogP contribution < -0.4 is 10.2 Å². The van der Waals surface area contributed by atoms with Crippen LogP contribution in [0.2, 0.25) is 0 Å². The maximum Gasteiger partial charge on any atom is 0.183 e. The number of hydrogen-bond acceptors (Lipinski definition) is 4. The topological polar surface area (TPSA) is 54.3 Å². The number of nitrogens with one attached hydrogen (secondary N) is 1. The Morgan fingerprint density at radius 1 is 0.846 bits per heavy atom. The first-order valence-corrected chi connectivity index (χ1v) is 13.5. The SMILES string of the molecule is CC1CCN(c2ccc(C(=O)Cc3ccc(Nc4ccc(CC(=O)c5cccn5C)cc4)cc3)cc2F)CC1. The molecule has 4 aromatic rings. The smallest absolute Gasteiger partial charge is 0.183 e. The number of benzene rings is 3. The van der Waals surface area contributed by atoms with Crippen LogP contribution in [0.15, 0.2) is 85.1 Å². The van der Waals surface area contributed by atoms with E-state index in [0.29, 0.717) is 29.3 Å². The molecule has 1 fully saturated rings. The molecule has 1 N–H and O–H groups in total. The van der Waals surface area contributed by atoms with Gasteiger partial charge in [0.25, 0.3) is 0 Å². The van der Waals surface area contributed by atoms with Gasteiger partial charge in [0.1, 0.15) is 5.82 Å². The predicted molar refractivity (Wildman–Crippen MR) is 155 cm³/mol. The Bertz CT molecular complexity index is 1450. The third-order valence-electron chi connectivity index (χ3n) is 7.55. The summed E-state index contributed by atoms with van der Waals surface area (Å²) in [5.41, 5.74) is 5.31. The average molecular weight is 524 g/mol. The summed E-state index contributed by atoms with van der Waals surface area (Å²) in [6.07, 6.45) is 4.56. The van der Waals surface area contributed by atoms with Gasteiger partial charge in [0.15, 0.2) is 11.6 Å². The Balaban J connectivity index is 1.15. The van der Waals surface area contributed by atoms with Crippen LogP contribution in [0, 0.1) is 11.7 Å². The van der Waals surface area contributed by atoms with E-state index in [-0.39, 0.29) is 23.8 Å². The third-order valence-corrected chi connectivity index (χ3v) is 7.55. The Morgan fingerprint density at radius 2 is 1.44 bits per heavy atom. The monoisotopic (exact) mass is 523 g/mol. The molecule has 1 aromatic heterocycles. The van der Waals surface area contributed by atoms with E-state index >= 15 is 0 Å². The first kappa shape index (κ1) is 26.4. The quantitative estimate of drug-likeness (QED) is 0.240. The molecular weight excluding hydrogens is 489 g/mol. The van der Waals surface area contributed by atoms with Crippen LogP contribution in [-0.2, 0) is 19.9 Å². The zero-order valence-electron chi connectivity index (χ0n) is 22.5. The lowest BCUT2D eigenvalue weighted by molar-refractivity contribution is 0.0980. The van der Waals surface area contributed by atoms with Gasteiger partial charge in [-0.2, -0.15) is 0 Å². The predicted octanol–water partition coefficient (Wildman–Crippen LogP) is 6.99. The third kappa shape index (κ3) is 6.45. The molecule has 1 saturated heterocycles. The number of rotatable bonds is 9. The van der Waals surface area contributed by atoms with Crippen molar-refractivity contribution < 1.29 is 14.0 Å². The molecule has 0 spiro atoms. The number of piperidine rings is 1. The van der Waals surface area contributed by atoms with Crippen molar-refractivity contribution in [1.82, 2.24) is 4.57 Å². The molecule has 0 radical (unpaired) electrons. The Labute approximate surface area is 229 Å². The van der Waals surface area contributed by atoms with Crippen LogP contribution in [0.1, 0.15) is 51.7 Å². The first-order valence-electron chi connectivity index (χ1n) is 13.5. The van der Waals surface area contributed by atoms with E-state index in [9.17, 15) is 14.0 Å². The molecule has 0 atom stereocenters. The molecule has 0 bridgehead atoms. The highest BCUT2D eigenvalue weighted by molar-refractivity contribution is 5.98. The van der Waals surface area contributed by atoms with Crippen molar-refractivity contribution >= 4 is 28.6 Å². The largest absolute Gasteiger partial charge is 0.369 e. The number of aryl methyl sites for hydroxylation is 1. The number of carbonyl (C=O) groups excluding carboxylic acids is 2. The van der Waals surface area contributed by atoms with E-state index in [2.05, 4.69) is 17.1 Å². The molecular formula is C33H34FN3O2. The number of aromatic nitrogens is 1. The van der Waals surface area contributed by atoms with Crippen molar-refractivity contribution in [3.8, 4) is 0 Å². The fraction of sp³-hybridized carbons (Fsp3) is 0.273. The standard InChI is InChI=1S/C33H34FN3O2/c1-23-15-18-37(19-16-23)30-14-9-26(22-29(30)34)32(38)20-24-5-10-27(11-6-24)35-28-12-7-25(8-13-28)21-33(39)31-4-3-17-36(31)2/h3-14,17,22-23,35H,15-16,18-21H2,1-2H3. The number of anilines is 3. The summed E-state index contributed by atoms with van der Waals surface area (Å²) < 4.78 is 16.7. The molecule has 0 saturated carbocycles. The van der Waals surface area contributed by atoms with E-state index in [1.165, 1.54) is 6.07 Å². The summed E-state index contributed by atoms with van der Waals surface area (Å²) in [5.74, 6) is 0.331. The molecule has 200 valence electrons. The summed E-state index contributed by atoms with van der Waals surface area (Å²) in [6.45, 7) is 3.93. The van der Waals surface area contributed by atoms with Gasteiger partial charge >= 0.3 is 0 Å². The molecule has 0 unspecified atom stereocenters. The molecule has 3 aromatic carbocycles. The highest BCUT2D eigenvalue weighted by Crippen LogP contribution is 2.27. The van der Waals surface area contributed by atoms with Crippen LogP contribution in [-0.4, -0.2) is 29.2 Å². The second kappa shape index (κ2) is 11.7. The summed E-state index contributed by atoms with van der Waals surface area (Å²) in [4.78, 5) is 27.4. The van der Waals surface area contributed by atoms with Gasteiger partial charge in [-0.1, -0.05) is 31.2 Å². The molecule has 39 heavy (non-hydrogen) atoms. The van der Waals surface area contributed by atoms with Gasteiger partial charge in [-0.25, -0.2) is 4.39 Å². The summed E-state index contributed by atoms with van der Waals surface area (Å²) in [5, 5.41) is 3.35. The average Bonchev–Trinajstić information content (AvgIpc) is 3.37. The number of carbonyl (C=O) groups is 2. The number of hydrogen-bond donors (Lipinski definition) is 1. The lowest BCUT2D eigenvalue weighted by atomic mass is 9.98. The van der Waals surface area contributed by atoms with Crippen molar-refractivity contribution in [1.29, 1.82) is 0 Å². The fourth-order valence-electron chi connectivity index (χ4n) is 5.08. The maximum atomic E-state index is 14.8. The number of nitrogens with zero attached hydrogens (tertiary/aromatic N) is 2. The molecule has 1 aliphatic heterocycles. The zero-order chi connectivity index (χ0) is 27.4. The molecule has 5 nitrogen and oxygen atoms in total. The lowest BCUT2D eigenvalue weighted by Gasteiger charge is -2.32. The van der Waals surface area contributed by atoms with Crippen molar-refractivity contribution in [3.05, 3.63) is 113 Å². The van der Waals surface area contributed by atoms with Gasteiger partial charge < -0.3 is 14.8 Å². The van der Waals surface area contributed by atoms with Crippen LogP contribution in [0.5, 0.6) is 0 Å². The fourth-order valence-corrected chi connectivity index (χ4v) is 5.08. The number of halogens is 1. The Kier molecular flexibility index (Phi) is 7.92. The second-order valence-corrected chi connectivity index (χ2v) is 10.6. The van der Waals surface area contributed by atoms with E-state index in [1.54, 1.807) is 12.1 Å². The van der Waals surface area contributed by atoms with E-state index in [0.717, 1.165) is 48.4 Å². The van der Waals surface area contributed by atoms with Crippen LogP contribution in [0.4, 0.5) is 21.5 Å². The summed E-state index contributed by atoms with van der Waals surface area (Å²) in [7, 11) is 1.87. The molecule has 0 amide bonds. The minimum Gasteiger partial charge on any atom is -0.369 e. The lowest BCUT2D eigenvalue weighted by Crippen LogP contribution is -2.33.